The molecule has 0 amide bonds. The second-order valence-electron chi connectivity index (χ2n) is 8.94. The van der Waals surface area contributed by atoms with E-state index in [1.54, 1.807) is 6.07 Å². The summed E-state index contributed by atoms with van der Waals surface area (Å²) in [5, 5.41) is 13.1. The molecule has 1 aromatic heterocycles. The van der Waals surface area contributed by atoms with E-state index in [4.69, 9.17) is 4.74 Å². The molecule has 2 aliphatic heterocycles. The molecule has 0 spiro atoms. The first-order chi connectivity index (χ1) is 14.3. The number of nitrogens with zero attached hydrogens (tertiary/aromatic N) is 3. The fraction of sp³-hybridized carbons (Fsp3) is 0.500. The van der Waals surface area contributed by atoms with Crippen molar-refractivity contribution in [3.05, 3.63) is 35.5 Å². The molecule has 2 N–H and O–H groups in total. The quantitative estimate of drug-likeness (QED) is 0.794. The van der Waals surface area contributed by atoms with Crippen molar-refractivity contribution in [2.24, 2.45) is 10.4 Å². The van der Waals surface area contributed by atoms with E-state index in [0.29, 0.717) is 24.3 Å². The molecule has 0 bridgehead atoms. The molecule has 5 rings (SSSR count). The highest BCUT2D eigenvalue weighted by atomic mass is 19.1. The summed E-state index contributed by atoms with van der Waals surface area (Å²) in [6.07, 6.45) is 2.85. The molecule has 3 aliphatic rings. The number of aromatic nitrogens is 2. The van der Waals surface area contributed by atoms with Gasteiger partial charge in [-0.05, 0) is 37.0 Å². The number of nitrogens with one attached hydrogen (secondary N) is 1. The van der Waals surface area contributed by atoms with E-state index in [2.05, 4.69) is 34.1 Å². The van der Waals surface area contributed by atoms with E-state index in [9.17, 15) is 13.9 Å². The first kappa shape index (κ1) is 19.5. The van der Waals surface area contributed by atoms with E-state index in [0.717, 1.165) is 30.3 Å². The maximum atomic E-state index is 14.9. The number of rotatable bonds is 3. The third-order valence-corrected chi connectivity index (χ3v) is 6.44. The molecule has 3 atom stereocenters. The Kier molecular flexibility index (Phi) is 4.59. The van der Waals surface area contributed by atoms with Crippen LogP contribution in [-0.4, -0.2) is 46.1 Å². The molecule has 1 unspecified atom stereocenters. The van der Waals surface area contributed by atoms with Crippen LogP contribution >= 0.6 is 0 Å². The zero-order valence-corrected chi connectivity index (χ0v) is 17.0. The van der Waals surface area contributed by atoms with Gasteiger partial charge < -0.3 is 15.2 Å². The third-order valence-electron chi connectivity index (χ3n) is 6.44. The van der Waals surface area contributed by atoms with Crippen molar-refractivity contribution in [3.8, 4) is 11.3 Å². The number of halogens is 2. The lowest BCUT2D eigenvalue weighted by Crippen LogP contribution is -2.42. The number of aliphatic hydroxyl groups excluding tert-OH is 1. The molecule has 1 saturated heterocycles. The van der Waals surface area contributed by atoms with Crippen molar-refractivity contribution in [2.45, 2.75) is 51.2 Å². The number of hydrogen-bond donors (Lipinski definition) is 2. The van der Waals surface area contributed by atoms with Gasteiger partial charge in [0.2, 0.25) is 5.95 Å². The summed E-state index contributed by atoms with van der Waals surface area (Å²) in [5.41, 5.74) is 2.51. The predicted molar refractivity (Wildman–Crippen MR) is 109 cm³/mol. The SMILES string of the molecule is CC1(C)CCC2C1=Nc1c(F)cc(-c3nc(N[C@@H]4CCOC[C@H]4O)ncc3F)cc12. The van der Waals surface area contributed by atoms with Gasteiger partial charge in [-0.15, -0.1) is 0 Å². The molecule has 1 aliphatic carbocycles. The lowest BCUT2D eigenvalue weighted by Gasteiger charge is -2.28. The van der Waals surface area contributed by atoms with Crippen LogP contribution in [0.1, 0.15) is 44.6 Å². The highest BCUT2D eigenvalue weighted by Gasteiger charge is 2.44. The molecule has 2 aromatic rings. The summed E-state index contributed by atoms with van der Waals surface area (Å²) in [5.74, 6) is -0.826. The Morgan fingerprint density at radius 1 is 1.20 bits per heavy atom. The zero-order valence-electron chi connectivity index (χ0n) is 17.0. The first-order valence-corrected chi connectivity index (χ1v) is 10.3. The number of aliphatic hydroxyl groups is 1. The number of aliphatic imine (C=N–C) groups is 1. The predicted octanol–water partition coefficient (Wildman–Crippen LogP) is 3.97. The smallest absolute Gasteiger partial charge is 0.223 e. The topological polar surface area (TPSA) is 79.6 Å². The summed E-state index contributed by atoms with van der Waals surface area (Å²) in [6, 6.07) is 2.81. The summed E-state index contributed by atoms with van der Waals surface area (Å²) in [4.78, 5) is 12.9. The molecule has 8 heteroatoms. The summed E-state index contributed by atoms with van der Waals surface area (Å²) in [7, 11) is 0. The minimum atomic E-state index is -0.699. The van der Waals surface area contributed by atoms with Crippen molar-refractivity contribution in [1.82, 2.24) is 9.97 Å². The van der Waals surface area contributed by atoms with Crippen LogP contribution < -0.4 is 5.32 Å². The lowest BCUT2D eigenvalue weighted by atomic mass is 9.87. The first-order valence-electron chi connectivity index (χ1n) is 10.3. The van der Waals surface area contributed by atoms with E-state index >= 15 is 0 Å². The molecular weight excluding hydrogens is 390 g/mol. The van der Waals surface area contributed by atoms with Gasteiger partial charge in [0, 0.05) is 29.2 Å². The van der Waals surface area contributed by atoms with Crippen molar-refractivity contribution < 1.29 is 18.6 Å². The monoisotopic (exact) mass is 414 g/mol. The Bertz CT molecular complexity index is 1040. The van der Waals surface area contributed by atoms with E-state index in [-0.39, 0.29) is 35.6 Å². The molecule has 1 aromatic carbocycles. The Labute approximate surface area is 173 Å². The fourth-order valence-electron chi connectivity index (χ4n) is 4.73. The molecule has 6 nitrogen and oxygen atoms in total. The van der Waals surface area contributed by atoms with Crippen molar-refractivity contribution in [1.29, 1.82) is 0 Å². The second-order valence-corrected chi connectivity index (χ2v) is 8.94. The highest BCUT2D eigenvalue weighted by molar-refractivity contribution is 6.03. The van der Waals surface area contributed by atoms with Crippen LogP contribution in [-0.2, 0) is 4.74 Å². The van der Waals surface area contributed by atoms with Crippen molar-refractivity contribution >= 4 is 17.3 Å². The summed E-state index contributed by atoms with van der Waals surface area (Å²) >= 11 is 0. The third kappa shape index (κ3) is 3.18. The Morgan fingerprint density at radius 2 is 2.03 bits per heavy atom. The molecular formula is C22H24F2N4O2. The van der Waals surface area contributed by atoms with Gasteiger partial charge in [0.1, 0.15) is 17.2 Å². The van der Waals surface area contributed by atoms with Crippen LogP contribution in [0.4, 0.5) is 20.4 Å². The van der Waals surface area contributed by atoms with Crippen LogP contribution in [0, 0.1) is 17.0 Å². The number of benzene rings is 1. The van der Waals surface area contributed by atoms with Crippen LogP contribution in [0.3, 0.4) is 0 Å². The molecule has 0 radical (unpaired) electrons. The van der Waals surface area contributed by atoms with Gasteiger partial charge in [0.25, 0.3) is 0 Å². The number of fused-ring (bicyclic) bond motifs is 3. The standard InChI is InChI=1S/C22H24F2N4O2/c1-22(2)5-3-12-13-7-11(8-14(23)19(13)27-20(12)22)18-15(24)9-25-21(28-18)26-16-4-6-30-10-17(16)29/h7-9,12,16-17,29H,3-6,10H2,1-2H3,(H,25,26,28)/t12?,16-,17-/m1/s1. The molecule has 3 heterocycles. The van der Waals surface area contributed by atoms with Crippen molar-refractivity contribution in [2.75, 3.05) is 18.5 Å². The molecule has 158 valence electrons. The van der Waals surface area contributed by atoms with Gasteiger partial charge in [0.05, 0.1) is 24.9 Å². The lowest BCUT2D eigenvalue weighted by molar-refractivity contribution is -0.0136. The normalized spacial score (nSPS) is 26.8. The van der Waals surface area contributed by atoms with Crippen LogP contribution in [0.15, 0.2) is 23.3 Å². The maximum absolute atomic E-state index is 14.9. The molecule has 30 heavy (non-hydrogen) atoms. The summed E-state index contributed by atoms with van der Waals surface area (Å²) < 4.78 is 34.8. The van der Waals surface area contributed by atoms with Gasteiger partial charge in [-0.25, -0.2) is 18.7 Å². The van der Waals surface area contributed by atoms with E-state index < -0.39 is 17.7 Å². The minimum Gasteiger partial charge on any atom is -0.389 e. The summed E-state index contributed by atoms with van der Waals surface area (Å²) in [6.45, 7) is 4.99. The Hall–Kier alpha value is -2.45. The van der Waals surface area contributed by atoms with E-state index in [1.807, 2.05) is 0 Å². The van der Waals surface area contributed by atoms with Gasteiger partial charge in [-0.2, -0.15) is 0 Å². The zero-order chi connectivity index (χ0) is 21.0. The molecule has 2 fully saturated rings. The maximum Gasteiger partial charge on any atom is 0.223 e. The average Bonchev–Trinajstić information content (AvgIpc) is 3.23. The molecule has 1 saturated carbocycles. The van der Waals surface area contributed by atoms with Gasteiger partial charge in [-0.1, -0.05) is 13.8 Å². The number of anilines is 1. The van der Waals surface area contributed by atoms with Gasteiger partial charge in [0.15, 0.2) is 5.82 Å². The Balaban J connectivity index is 1.49. The van der Waals surface area contributed by atoms with Crippen molar-refractivity contribution in [3.63, 3.8) is 0 Å². The van der Waals surface area contributed by atoms with Crippen LogP contribution in [0.25, 0.3) is 11.3 Å². The minimum absolute atomic E-state index is 0.0291. The average molecular weight is 414 g/mol. The highest BCUT2D eigenvalue weighted by Crippen LogP contribution is 2.52. The van der Waals surface area contributed by atoms with Crippen LogP contribution in [0.2, 0.25) is 0 Å². The second kappa shape index (κ2) is 7.06. The van der Waals surface area contributed by atoms with Gasteiger partial charge in [-0.3, -0.25) is 4.99 Å². The van der Waals surface area contributed by atoms with Gasteiger partial charge >= 0.3 is 0 Å². The fourth-order valence-corrected chi connectivity index (χ4v) is 4.73. The Morgan fingerprint density at radius 3 is 2.83 bits per heavy atom. The van der Waals surface area contributed by atoms with Crippen LogP contribution in [0.5, 0.6) is 0 Å². The van der Waals surface area contributed by atoms with E-state index in [1.165, 1.54) is 6.07 Å². The number of hydrogen-bond acceptors (Lipinski definition) is 6. The largest absolute Gasteiger partial charge is 0.389 e. The number of ether oxygens (including phenoxy) is 1.